The second-order valence-corrected chi connectivity index (χ2v) is 3.90. The Labute approximate surface area is 91.5 Å². The molecule has 2 N–H and O–H groups in total. The Morgan fingerprint density at radius 1 is 1.33 bits per heavy atom. The highest BCUT2D eigenvalue weighted by Crippen LogP contribution is 2.14. The van der Waals surface area contributed by atoms with Gasteiger partial charge in [0.25, 0.3) is 0 Å². The second-order valence-electron chi connectivity index (χ2n) is 3.90. The number of carbonyl (C=O) groups excluding carboxylic acids is 1. The first-order valence-corrected chi connectivity index (χ1v) is 5.54. The fourth-order valence-electron chi connectivity index (χ4n) is 1.79. The molecule has 2 nitrogen and oxygen atoms in total. The first-order valence-electron chi connectivity index (χ1n) is 5.54. The number of rotatable bonds is 5. The predicted octanol–water partition coefficient (Wildman–Crippen LogP) is 2.82. The molecule has 15 heavy (non-hydrogen) atoms. The third-order valence-corrected chi connectivity index (χ3v) is 2.77. The van der Waals surface area contributed by atoms with Gasteiger partial charge in [0.15, 0.2) is 0 Å². The number of ketones is 1. The third-order valence-electron chi connectivity index (χ3n) is 2.77. The lowest BCUT2D eigenvalue weighted by atomic mass is 9.93. The van der Waals surface area contributed by atoms with Crippen LogP contribution in [-0.2, 0) is 11.2 Å². The van der Waals surface area contributed by atoms with Crippen molar-refractivity contribution in [1.82, 2.24) is 0 Å². The number of nitrogens with two attached hydrogens (primary N) is 1. The van der Waals surface area contributed by atoms with Gasteiger partial charge in [-0.05, 0) is 30.5 Å². The van der Waals surface area contributed by atoms with Gasteiger partial charge in [0, 0.05) is 18.0 Å². The molecule has 0 saturated carbocycles. The Morgan fingerprint density at radius 2 is 2.00 bits per heavy atom. The van der Waals surface area contributed by atoms with Crippen molar-refractivity contribution < 1.29 is 4.79 Å². The van der Waals surface area contributed by atoms with Crippen molar-refractivity contribution in [1.29, 1.82) is 0 Å². The van der Waals surface area contributed by atoms with E-state index in [0.29, 0.717) is 12.2 Å². The molecule has 0 aliphatic rings. The van der Waals surface area contributed by atoms with Crippen LogP contribution in [0.4, 0.5) is 5.69 Å². The van der Waals surface area contributed by atoms with Crippen LogP contribution in [0.5, 0.6) is 0 Å². The Bertz CT molecular complexity index is 329. The number of anilines is 1. The van der Waals surface area contributed by atoms with Crippen LogP contribution in [-0.4, -0.2) is 5.78 Å². The standard InChI is InChI=1S/C13H19NO/c1-3-11(4-2)13(15)9-10-6-5-7-12(14)8-10/h5-8,11H,3-4,9,14H2,1-2H3. The van der Waals surface area contributed by atoms with Gasteiger partial charge in [-0.1, -0.05) is 26.0 Å². The molecule has 0 unspecified atom stereocenters. The van der Waals surface area contributed by atoms with E-state index in [4.69, 9.17) is 5.73 Å². The molecule has 0 aromatic heterocycles. The van der Waals surface area contributed by atoms with Gasteiger partial charge in [0.05, 0.1) is 0 Å². The number of Topliss-reactive ketones (excluding diaryl/α,β-unsaturated/α-hetero) is 1. The summed E-state index contributed by atoms with van der Waals surface area (Å²) in [5.74, 6) is 0.525. The highest BCUT2D eigenvalue weighted by atomic mass is 16.1. The zero-order chi connectivity index (χ0) is 11.3. The number of carbonyl (C=O) groups is 1. The van der Waals surface area contributed by atoms with Crippen molar-refractivity contribution in [2.45, 2.75) is 33.1 Å². The van der Waals surface area contributed by atoms with Crippen molar-refractivity contribution in [3.05, 3.63) is 29.8 Å². The summed E-state index contributed by atoms with van der Waals surface area (Å²) in [4.78, 5) is 11.8. The lowest BCUT2D eigenvalue weighted by Gasteiger charge is -2.10. The largest absolute Gasteiger partial charge is 0.399 e. The minimum absolute atomic E-state index is 0.200. The quantitative estimate of drug-likeness (QED) is 0.751. The second kappa shape index (κ2) is 5.54. The molecule has 0 saturated heterocycles. The van der Waals surface area contributed by atoms with Gasteiger partial charge in [-0.15, -0.1) is 0 Å². The van der Waals surface area contributed by atoms with Gasteiger partial charge in [-0.25, -0.2) is 0 Å². The molecule has 0 bridgehead atoms. The van der Waals surface area contributed by atoms with Crippen LogP contribution in [0.3, 0.4) is 0 Å². The molecule has 0 spiro atoms. The Kier molecular flexibility index (Phi) is 4.35. The molecule has 2 heteroatoms. The molecule has 1 rings (SSSR count). The van der Waals surface area contributed by atoms with Crippen LogP contribution in [0.2, 0.25) is 0 Å². The van der Waals surface area contributed by atoms with Gasteiger partial charge < -0.3 is 5.73 Å². The van der Waals surface area contributed by atoms with E-state index in [1.165, 1.54) is 0 Å². The van der Waals surface area contributed by atoms with E-state index in [9.17, 15) is 4.79 Å². The summed E-state index contributed by atoms with van der Waals surface area (Å²) in [6, 6.07) is 7.56. The van der Waals surface area contributed by atoms with Gasteiger partial charge in [0.2, 0.25) is 0 Å². The third kappa shape index (κ3) is 3.39. The first kappa shape index (κ1) is 11.8. The van der Waals surface area contributed by atoms with E-state index in [1.54, 1.807) is 0 Å². The zero-order valence-corrected chi connectivity index (χ0v) is 9.49. The average molecular weight is 205 g/mol. The van der Waals surface area contributed by atoms with E-state index in [1.807, 2.05) is 24.3 Å². The maximum absolute atomic E-state index is 11.8. The highest BCUT2D eigenvalue weighted by molar-refractivity contribution is 5.83. The van der Waals surface area contributed by atoms with Gasteiger partial charge in [0.1, 0.15) is 5.78 Å². The molecule has 1 aromatic carbocycles. The van der Waals surface area contributed by atoms with E-state index >= 15 is 0 Å². The molecule has 0 amide bonds. The monoisotopic (exact) mass is 205 g/mol. The molecule has 0 atom stereocenters. The summed E-state index contributed by atoms with van der Waals surface area (Å²) in [6.07, 6.45) is 2.37. The van der Waals surface area contributed by atoms with Crippen LogP contribution in [0.1, 0.15) is 32.3 Å². The maximum atomic E-state index is 11.8. The van der Waals surface area contributed by atoms with Gasteiger partial charge in [-0.3, -0.25) is 4.79 Å². The summed E-state index contributed by atoms with van der Waals surface area (Å²) in [7, 11) is 0. The maximum Gasteiger partial charge on any atom is 0.140 e. The molecule has 0 aliphatic carbocycles. The Hall–Kier alpha value is -1.31. The van der Waals surface area contributed by atoms with Crippen LogP contribution in [0.15, 0.2) is 24.3 Å². The van der Waals surface area contributed by atoms with E-state index < -0.39 is 0 Å². The van der Waals surface area contributed by atoms with Crippen molar-refractivity contribution in [2.24, 2.45) is 5.92 Å². The lowest BCUT2D eigenvalue weighted by Crippen LogP contribution is -2.15. The molecule has 0 aliphatic heterocycles. The van der Waals surface area contributed by atoms with Crippen LogP contribution in [0, 0.1) is 5.92 Å². The fraction of sp³-hybridized carbons (Fsp3) is 0.462. The summed E-state index contributed by atoms with van der Waals surface area (Å²) < 4.78 is 0. The minimum Gasteiger partial charge on any atom is -0.399 e. The SMILES string of the molecule is CCC(CC)C(=O)Cc1cccc(N)c1. The Balaban J connectivity index is 2.65. The molecule has 0 radical (unpaired) electrons. The topological polar surface area (TPSA) is 43.1 Å². The molecule has 1 aromatic rings. The lowest BCUT2D eigenvalue weighted by molar-refractivity contribution is -0.122. The first-order chi connectivity index (χ1) is 7.17. The molecule has 82 valence electrons. The van der Waals surface area contributed by atoms with Crippen LogP contribution < -0.4 is 5.73 Å². The van der Waals surface area contributed by atoms with Gasteiger partial charge in [-0.2, -0.15) is 0 Å². The van der Waals surface area contributed by atoms with Gasteiger partial charge >= 0.3 is 0 Å². The van der Waals surface area contributed by atoms with E-state index in [2.05, 4.69) is 13.8 Å². The number of hydrogen-bond donors (Lipinski definition) is 1. The summed E-state index contributed by atoms with van der Waals surface area (Å²) >= 11 is 0. The summed E-state index contributed by atoms with van der Waals surface area (Å²) in [5, 5.41) is 0. The highest BCUT2D eigenvalue weighted by Gasteiger charge is 2.14. The Morgan fingerprint density at radius 3 is 2.53 bits per heavy atom. The predicted molar refractivity (Wildman–Crippen MR) is 63.6 cm³/mol. The number of hydrogen-bond acceptors (Lipinski definition) is 2. The molecule has 0 heterocycles. The summed E-state index contributed by atoms with van der Waals surface area (Å²) in [6.45, 7) is 4.12. The fourth-order valence-corrected chi connectivity index (χ4v) is 1.79. The van der Waals surface area contributed by atoms with Crippen molar-refractivity contribution in [2.75, 3.05) is 5.73 Å². The molecular weight excluding hydrogens is 186 g/mol. The average Bonchev–Trinajstić information content (AvgIpc) is 2.19. The van der Waals surface area contributed by atoms with Crippen molar-refractivity contribution in [3.8, 4) is 0 Å². The van der Waals surface area contributed by atoms with Crippen LogP contribution >= 0.6 is 0 Å². The minimum atomic E-state index is 0.200. The van der Waals surface area contributed by atoms with Crippen LogP contribution in [0.25, 0.3) is 0 Å². The summed E-state index contributed by atoms with van der Waals surface area (Å²) in [5.41, 5.74) is 7.41. The number of benzene rings is 1. The number of nitrogen functional groups attached to an aromatic ring is 1. The normalized spacial score (nSPS) is 10.6. The molecule has 0 fully saturated rings. The van der Waals surface area contributed by atoms with Crippen molar-refractivity contribution >= 4 is 11.5 Å². The molecular formula is C13H19NO. The van der Waals surface area contributed by atoms with E-state index in [0.717, 1.165) is 24.1 Å². The van der Waals surface area contributed by atoms with Crippen molar-refractivity contribution in [3.63, 3.8) is 0 Å². The van der Waals surface area contributed by atoms with E-state index in [-0.39, 0.29) is 5.92 Å². The zero-order valence-electron chi connectivity index (χ0n) is 9.49. The smallest absolute Gasteiger partial charge is 0.140 e.